The number of hydrogen-bond acceptors (Lipinski definition) is 3. The van der Waals surface area contributed by atoms with Crippen LogP contribution in [0.1, 0.15) is 34.1 Å². The molecule has 4 nitrogen and oxygen atoms in total. The Morgan fingerprint density at radius 1 is 1.43 bits per heavy atom. The largest absolute Gasteiger partial charge is 0.478 e. The smallest absolute Gasteiger partial charge is 0.263 e. The highest BCUT2D eigenvalue weighted by Gasteiger charge is 2.32. The standard InChI is InChI=1S/C16H24ClNO3/c1-11(2)14(8-9-19)18-15(20)16(3,4)21-13-7-5-6-12(17)10-13/h5-7,10-11,14,19H,8-9H2,1-4H3,(H,18,20). The summed E-state index contributed by atoms with van der Waals surface area (Å²) in [6.07, 6.45) is 0.524. The first-order chi connectivity index (χ1) is 9.76. The molecule has 1 rings (SSSR count). The van der Waals surface area contributed by atoms with Gasteiger partial charge in [0.05, 0.1) is 0 Å². The molecule has 118 valence electrons. The molecule has 0 aliphatic heterocycles. The summed E-state index contributed by atoms with van der Waals surface area (Å²) in [5.41, 5.74) is -1.02. The maximum Gasteiger partial charge on any atom is 0.263 e. The highest BCUT2D eigenvalue weighted by Crippen LogP contribution is 2.22. The van der Waals surface area contributed by atoms with E-state index in [0.717, 1.165) is 0 Å². The van der Waals surface area contributed by atoms with E-state index < -0.39 is 5.60 Å². The maximum absolute atomic E-state index is 12.4. The van der Waals surface area contributed by atoms with Crippen molar-refractivity contribution >= 4 is 17.5 Å². The van der Waals surface area contributed by atoms with Crippen molar-refractivity contribution in [3.63, 3.8) is 0 Å². The van der Waals surface area contributed by atoms with Crippen molar-refractivity contribution in [2.45, 2.75) is 45.8 Å². The van der Waals surface area contributed by atoms with Crippen LogP contribution < -0.4 is 10.1 Å². The molecule has 1 amide bonds. The minimum absolute atomic E-state index is 0.0404. The zero-order valence-corrected chi connectivity index (χ0v) is 13.8. The van der Waals surface area contributed by atoms with Crippen LogP contribution in [0.2, 0.25) is 5.02 Å². The average Bonchev–Trinajstić information content (AvgIpc) is 2.37. The molecule has 0 aliphatic carbocycles. The lowest BCUT2D eigenvalue weighted by molar-refractivity contribution is -0.135. The minimum atomic E-state index is -1.02. The first-order valence-corrected chi connectivity index (χ1v) is 7.50. The van der Waals surface area contributed by atoms with Crippen molar-refractivity contribution in [3.8, 4) is 5.75 Å². The zero-order chi connectivity index (χ0) is 16.0. The van der Waals surface area contributed by atoms with Crippen molar-refractivity contribution in [1.29, 1.82) is 0 Å². The molecular formula is C16H24ClNO3. The number of rotatable bonds is 7. The van der Waals surface area contributed by atoms with E-state index in [9.17, 15) is 4.79 Å². The van der Waals surface area contributed by atoms with Gasteiger partial charge in [0.1, 0.15) is 5.75 Å². The van der Waals surface area contributed by atoms with Gasteiger partial charge in [-0.25, -0.2) is 0 Å². The van der Waals surface area contributed by atoms with E-state index in [2.05, 4.69) is 5.32 Å². The number of halogens is 1. The number of nitrogens with one attached hydrogen (secondary N) is 1. The average molecular weight is 314 g/mol. The van der Waals surface area contributed by atoms with Crippen LogP contribution in [0.3, 0.4) is 0 Å². The fraction of sp³-hybridized carbons (Fsp3) is 0.562. The van der Waals surface area contributed by atoms with Crippen LogP contribution in [-0.4, -0.2) is 29.3 Å². The Balaban J connectivity index is 2.74. The molecule has 5 heteroatoms. The summed E-state index contributed by atoms with van der Waals surface area (Å²) in [4.78, 5) is 12.4. The van der Waals surface area contributed by atoms with Crippen LogP contribution in [0.15, 0.2) is 24.3 Å². The molecule has 1 aromatic carbocycles. The molecular weight excluding hydrogens is 290 g/mol. The predicted octanol–water partition coefficient (Wildman–Crippen LogP) is 3.02. The van der Waals surface area contributed by atoms with Gasteiger partial charge in [-0.2, -0.15) is 0 Å². The van der Waals surface area contributed by atoms with Crippen LogP contribution in [0.4, 0.5) is 0 Å². The SMILES string of the molecule is CC(C)C(CCO)NC(=O)C(C)(C)Oc1cccc(Cl)c1. The summed E-state index contributed by atoms with van der Waals surface area (Å²) in [6, 6.07) is 6.87. The minimum Gasteiger partial charge on any atom is -0.478 e. The summed E-state index contributed by atoms with van der Waals surface area (Å²) in [5, 5.41) is 12.6. The Kier molecular flexibility index (Phi) is 6.49. The van der Waals surface area contributed by atoms with Crippen molar-refractivity contribution in [2.24, 2.45) is 5.92 Å². The highest BCUT2D eigenvalue weighted by molar-refractivity contribution is 6.30. The van der Waals surface area contributed by atoms with E-state index in [0.29, 0.717) is 17.2 Å². The molecule has 0 heterocycles. The topological polar surface area (TPSA) is 58.6 Å². The highest BCUT2D eigenvalue weighted by atomic mass is 35.5. The maximum atomic E-state index is 12.4. The van der Waals surface area contributed by atoms with E-state index in [-0.39, 0.29) is 24.5 Å². The van der Waals surface area contributed by atoms with Gasteiger partial charge in [0, 0.05) is 17.7 Å². The number of amides is 1. The number of carbonyl (C=O) groups excluding carboxylic acids is 1. The Labute approximate surface area is 131 Å². The van der Waals surface area contributed by atoms with Gasteiger partial charge in [-0.1, -0.05) is 31.5 Å². The normalized spacial score (nSPS) is 13.1. The Hall–Kier alpha value is -1.26. The second-order valence-electron chi connectivity index (χ2n) is 5.91. The second-order valence-corrected chi connectivity index (χ2v) is 6.34. The van der Waals surface area contributed by atoms with Crippen molar-refractivity contribution in [3.05, 3.63) is 29.3 Å². The van der Waals surface area contributed by atoms with Crippen LogP contribution in [-0.2, 0) is 4.79 Å². The van der Waals surface area contributed by atoms with E-state index >= 15 is 0 Å². The van der Waals surface area contributed by atoms with Crippen molar-refractivity contribution < 1.29 is 14.6 Å². The van der Waals surface area contributed by atoms with E-state index in [1.165, 1.54) is 0 Å². The van der Waals surface area contributed by atoms with Gasteiger partial charge in [-0.05, 0) is 44.4 Å². The third-order valence-electron chi connectivity index (χ3n) is 3.28. The number of aliphatic hydroxyl groups excluding tert-OH is 1. The molecule has 0 radical (unpaired) electrons. The molecule has 0 fully saturated rings. The van der Waals surface area contributed by atoms with Crippen LogP contribution in [0.5, 0.6) is 5.75 Å². The Morgan fingerprint density at radius 2 is 2.10 bits per heavy atom. The van der Waals surface area contributed by atoms with Gasteiger partial charge >= 0.3 is 0 Å². The van der Waals surface area contributed by atoms with Gasteiger partial charge < -0.3 is 15.2 Å². The second kappa shape index (κ2) is 7.66. The van der Waals surface area contributed by atoms with Gasteiger partial charge in [-0.15, -0.1) is 0 Å². The van der Waals surface area contributed by atoms with Gasteiger partial charge in [0.15, 0.2) is 5.60 Å². The first kappa shape index (κ1) is 17.8. The Morgan fingerprint density at radius 3 is 2.62 bits per heavy atom. The molecule has 2 N–H and O–H groups in total. The summed E-state index contributed by atoms with van der Waals surface area (Å²) in [7, 11) is 0. The zero-order valence-electron chi connectivity index (χ0n) is 13.0. The Bertz CT molecular complexity index is 474. The lowest BCUT2D eigenvalue weighted by atomic mass is 9.99. The molecule has 0 saturated carbocycles. The van der Waals surface area contributed by atoms with Crippen molar-refractivity contribution in [1.82, 2.24) is 5.32 Å². The van der Waals surface area contributed by atoms with Gasteiger partial charge in [0.2, 0.25) is 0 Å². The third kappa shape index (κ3) is 5.56. The molecule has 1 aromatic rings. The van der Waals surface area contributed by atoms with Gasteiger partial charge in [0.25, 0.3) is 5.91 Å². The van der Waals surface area contributed by atoms with Crippen LogP contribution in [0, 0.1) is 5.92 Å². The number of aliphatic hydroxyl groups is 1. The fourth-order valence-electron chi connectivity index (χ4n) is 1.92. The first-order valence-electron chi connectivity index (χ1n) is 7.12. The molecule has 1 unspecified atom stereocenters. The molecule has 0 bridgehead atoms. The molecule has 21 heavy (non-hydrogen) atoms. The molecule has 0 aromatic heterocycles. The molecule has 0 saturated heterocycles. The fourth-order valence-corrected chi connectivity index (χ4v) is 2.11. The lowest BCUT2D eigenvalue weighted by Crippen LogP contribution is -2.51. The van der Waals surface area contributed by atoms with Crippen LogP contribution >= 0.6 is 11.6 Å². The number of ether oxygens (including phenoxy) is 1. The van der Waals surface area contributed by atoms with E-state index in [4.69, 9.17) is 21.4 Å². The monoisotopic (exact) mass is 313 g/mol. The summed E-state index contributed by atoms with van der Waals surface area (Å²) in [5.74, 6) is 0.573. The van der Waals surface area contributed by atoms with Crippen molar-refractivity contribution in [2.75, 3.05) is 6.61 Å². The lowest BCUT2D eigenvalue weighted by Gasteiger charge is -2.29. The summed E-state index contributed by atoms with van der Waals surface area (Å²) < 4.78 is 5.74. The quantitative estimate of drug-likeness (QED) is 0.813. The third-order valence-corrected chi connectivity index (χ3v) is 3.51. The van der Waals surface area contributed by atoms with E-state index in [1.807, 2.05) is 13.8 Å². The number of hydrogen-bond donors (Lipinski definition) is 2. The molecule has 0 aliphatic rings. The van der Waals surface area contributed by atoms with Gasteiger partial charge in [-0.3, -0.25) is 4.79 Å². The number of benzene rings is 1. The van der Waals surface area contributed by atoms with Crippen LogP contribution in [0.25, 0.3) is 0 Å². The predicted molar refractivity (Wildman–Crippen MR) is 84.6 cm³/mol. The molecule has 0 spiro atoms. The summed E-state index contributed by atoms with van der Waals surface area (Å²) in [6.45, 7) is 7.47. The summed E-state index contributed by atoms with van der Waals surface area (Å²) >= 11 is 5.91. The van der Waals surface area contributed by atoms with E-state index in [1.54, 1.807) is 38.1 Å². The molecule has 1 atom stereocenters. The number of carbonyl (C=O) groups is 1.